The molecule has 6 heteroatoms. The Morgan fingerprint density at radius 1 is 0.923 bits per heavy atom. The molecule has 1 saturated heterocycles. The smallest absolute Gasteiger partial charge is 0.101 e. The third kappa shape index (κ3) is 4.62. The summed E-state index contributed by atoms with van der Waals surface area (Å²) in [6.45, 7) is 4.73. The van der Waals surface area contributed by atoms with E-state index in [0.29, 0.717) is 12.1 Å². The summed E-state index contributed by atoms with van der Waals surface area (Å²) >= 11 is 0. The lowest BCUT2D eigenvalue weighted by molar-refractivity contribution is -2.00. The minimum atomic E-state index is -4.94. The van der Waals surface area contributed by atoms with E-state index >= 15 is 0 Å². The molecule has 3 atom stereocenters. The van der Waals surface area contributed by atoms with E-state index in [0.717, 1.165) is 0 Å². The van der Waals surface area contributed by atoms with E-state index < -0.39 is 10.2 Å². The van der Waals surface area contributed by atoms with Crippen LogP contribution in [0, 0.1) is 10.2 Å². The molecule has 3 unspecified atom stereocenters. The van der Waals surface area contributed by atoms with Crippen LogP contribution in [0.2, 0.25) is 0 Å². The Morgan fingerprint density at radius 2 is 1.31 bits per heavy atom. The summed E-state index contributed by atoms with van der Waals surface area (Å²) in [5.41, 5.74) is 3.11. The van der Waals surface area contributed by atoms with Gasteiger partial charge in [0.1, 0.15) is 6.04 Å². The Bertz CT molecular complexity index is 630. The quantitative estimate of drug-likeness (QED) is 0.687. The van der Waals surface area contributed by atoms with Crippen molar-refractivity contribution < 1.29 is 33.8 Å². The van der Waals surface area contributed by atoms with Crippen LogP contribution in [0.4, 0.5) is 0 Å². The molecule has 5 nitrogen and oxygen atoms in total. The van der Waals surface area contributed by atoms with E-state index in [1.807, 2.05) is 0 Å². The molecule has 0 saturated carbocycles. The van der Waals surface area contributed by atoms with E-state index in [2.05, 4.69) is 81.6 Å². The van der Waals surface area contributed by atoms with Crippen molar-refractivity contribution in [2.45, 2.75) is 44.2 Å². The summed E-state index contributed by atoms with van der Waals surface area (Å²) in [7, 11) is -2.58. The Kier molecular flexibility index (Phi) is 6.80. The molecule has 1 aliphatic heterocycles. The fourth-order valence-electron chi connectivity index (χ4n) is 4.46. The van der Waals surface area contributed by atoms with Crippen LogP contribution in [0.1, 0.15) is 37.8 Å². The number of halogens is 1. The first-order valence-electron chi connectivity index (χ1n) is 8.76. The van der Waals surface area contributed by atoms with Crippen LogP contribution >= 0.6 is 0 Å². The maximum atomic E-state index is 8.49. The van der Waals surface area contributed by atoms with Crippen LogP contribution in [-0.2, 0) is 5.41 Å². The number of quaternary nitrogens is 1. The van der Waals surface area contributed by atoms with Gasteiger partial charge in [-0.1, -0.05) is 67.6 Å². The SMILES string of the molecule is CCC1[NH+](C)C(C)CC1(c1ccccc1)c1ccccc1.[O-][Cl+3]([O-])([O-])[O-]. The summed E-state index contributed by atoms with van der Waals surface area (Å²) in [5, 5.41) is 0. The number of likely N-dealkylation sites (N-methyl/N-ethyl adjacent to an activating group) is 1. The van der Waals surface area contributed by atoms with E-state index in [9.17, 15) is 0 Å². The molecule has 0 radical (unpaired) electrons. The second-order valence-corrected chi connectivity index (χ2v) is 7.65. The fraction of sp³-hybridized carbons (Fsp3) is 0.400. The van der Waals surface area contributed by atoms with Crippen molar-refractivity contribution in [3.05, 3.63) is 71.8 Å². The number of likely N-dealkylation sites (tertiary alicyclic amines) is 1. The van der Waals surface area contributed by atoms with Crippen molar-refractivity contribution in [3.8, 4) is 0 Å². The highest BCUT2D eigenvalue weighted by Gasteiger charge is 2.53. The van der Waals surface area contributed by atoms with Crippen LogP contribution in [0.15, 0.2) is 60.7 Å². The average molecular weight is 380 g/mol. The van der Waals surface area contributed by atoms with Gasteiger partial charge in [0.25, 0.3) is 0 Å². The molecule has 2 aromatic carbocycles. The largest absolute Gasteiger partial charge is 0.332 e. The predicted octanol–water partition coefficient (Wildman–Crippen LogP) is -1.70. The summed E-state index contributed by atoms with van der Waals surface area (Å²) in [6, 6.07) is 23.6. The van der Waals surface area contributed by atoms with Gasteiger partial charge in [0, 0.05) is 6.42 Å². The van der Waals surface area contributed by atoms with Gasteiger partial charge in [0.2, 0.25) is 0 Å². The second kappa shape index (κ2) is 8.48. The lowest BCUT2D eigenvalue weighted by Crippen LogP contribution is -3.14. The zero-order valence-corrected chi connectivity index (χ0v) is 16.1. The van der Waals surface area contributed by atoms with Crippen LogP contribution in [0.3, 0.4) is 0 Å². The molecule has 1 fully saturated rings. The minimum Gasteiger partial charge on any atom is -0.332 e. The summed E-state index contributed by atoms with van der Waals surface area (Å²) < 4.78 is 34.0. The van der Waals surface area contributed by atoms with E-state index in [4.69, 9.17) is 18.6 Å². The van der Waals surface area contributed by atoms with Gasteiger partial charge in [-0.3, -0.25) is 0 Å². The zero-order valence-electron chi connectivity index (χ0n) is 15.4. The molecule has 0 bridgehead atoms. The maximum absolute atomic E-state index is 8.49. The molecule has 3 rings (SSSR count). The van der Waals surface area contributed by atoms with Gasteiger partial charge in [-0.05, 0) is 24.5 Å². The molecule has 0 spiro atoms. The van der Waals surface area contributed by atoms with Gasteiger partial charge in [0.05, 0.1) is 18.5 Å². The second-order valence-electron chi connectivity index (χ2n) is 6.89. The number of nitrogens with one attached hydrogen (secondary N) is 1. The average Bonchev–Trinajstić information content (AvgIpc) is 2.87. The van der Waals surface area contributed by atoms with Crippen LogP contribution in [0.25, 0.3) is 0 Å². The monoisotopic (exact) mass is 379 g/mol. The highest BCUT2D eigenvalue weighted by atomic mass is 35.7. The Balaban J connectivity index is 0.000000431. The highest BCUT2D eigenvalue weighted by molar-refractivity contribution is 5.42. The third-order valence-electron chi connectivity index (χ3n) is 5.54. The van der Waals surface area contributed by atoms with Gasteiger partial charge in [-0.2, -0.15) is 0 Å². The van der Waals surface area contributed by atoms with Gasteiger partial charge in [-0.25, -0.2) is 18.6 Å². The van der Waals surface area contributed by atoms with Crippen LogP contribution in [0.5, 0.6) is 0 Å². The molecule has 0 aromatic heterocycles. The van der Waals surface area contributed by atoms with E-state index in [-0.39, 0.29) is 5.41 Å². The first-order valence-corrected chi connectivity index (χ1v) is 9.99. The molecule has 0 amide bonds. The van der Waals surface area contributed by atoms with Crippen molar-refractivity contribution >= 4 is 0 Å². The van der Waals surface area contributed by atoms with Crippen molar-refractivity contribution in [1.82, 2.24) is 0 Å². The number of rotatable bonds is 3. The minimum absolute atomic E-state index is 0.154. The van der Waals surface area contributed by atoms with Crippen LogP contribution in [-0.4, -0.2) is 19.1 Å². The van der Waals surface area contributed by atoms with Crippen molar-refractivity contribution in [3.63, 3.8) is 0 Å². The number of benzene rings is 2. The van der Waals surface area contributed by atoms with E-state index in [1.54, 1.807) is 4.90 Å². The molecule has 142 valence electrons. The van der Waals surface area contributed by atoms with Gasteiger partial charge in [-0.15, -0.1) is 10.2 Å². The van der Waals surface area contributed by atoms with Crippen molar-refractivity contribution in [2.75, 3.05) is 7.05 Å². The standard InChI is InChI=1S/C20H25N.ClHO4/c1-4-19-20(15-16(2)21(19)3,17-11-7-5-8-12-17)18-13-9-6-10-14-18;2-1(3,4)5/h5-14,16,19H,4,15H2,1-3H3;(H,2,3,4,5). The lowest BCUT2D eigenvalue weighted by atomic mass is 9.68. The van der Waals surface area contributed by atoms with Crippen molar-refractivity contribution in [1.29, 1.82) is 0 Å². The van der Waals surface area contributed by atoms with Crippen LogP contribution < -0.4 is 23.5 Å². The third-order valence-corrected chi connectivity index (χ3v) is 5.54. The predicted molar refractivity (Wildman–Crippen MR) is 88.7 cm³/mol. The molecule has 26 heavy (non-hydrogen) atoms. The summed E-state index contributed by atoms with van der Waals surface area (Å²) in [6.07, 6.45) is 2.44. The van der Waals surface area contributed by atoms with Gasteiger partial charge >= 0.3 is 0 Å². The molecule has 2 aromatic rings. The number of hydrogen-bond acceptors (Lipinski definition) is 4. The van der Waals surface area contributed by atoms with E-state index in [1.165, 1.54) is 24.0 Å². The Morgan fingerprint density at radius 3 is 1.65 bits per heavy atom. The summed E-state index contributed by atoms with van der Waals surface area (Å²) in [4.78, 5) is 1.67. The normalized spacial score (nSPS) is 24.7. The van der Waals surface area contributed by atoms with Gasteiger partial charge < -0.3 is 4.90 Å². The molecular weight excluding hydrogens is 354 g/mol. The fourth-order valence-corrected chi connectivity index (χ4v) is 4.46. The zero-order chi connectivity index (χ0) is 19.4. The molecule has 1 N–H and O–H groups in total. The van der Waals surface area contributed by atoms with Gasteiger partial charge in [0.15, 0.2) is 0 Å². The molecular formula is C20H26ClNO4. The first kappa shape index (κ1) is 20.8. The number of hydrogen-bond donors (Lipinski definition) is 1. The Labute approximate surface area is 157 Å². The molecule has 0 aliphatic carbocycles. The Hall–Kier alpha value is -1.47. The topological polar surface area (TPSA) is 96.7 Å². The summed E-state index contributed by atoms with van der Waals surface area (Å²) in [5.74, 6) is 0. The molecule has 1 heterocycles. The molecule has 1 aliphatic rings. The highest BCUT2D eigenvalue weighted by Crippen LogP contribution is 2.42. The lowest BCUT2D eigenvalue weighted by Gasteiger charge is -2.35. The van der Waals surface area contributed by atoms with Crippen molar-refractivity contribution in [2.24, 2.45) is 0 Å². The maximum Gasteiger partial charge on any atom is 0.101 e. The first-order chi connectivity index (χ1) is 12.2.